The van der Waals surface area contributed by atoms with E-state index < -0.39 is 15.6 Å². The van der Waals surface area contributed by atoms with E-state index in [0.717, 1.165) is 12.7 Å². The first kappa shape index (κ1) is 12.5. The van der Waals surface area contributed by atoms with Crippen molar-refractivity contribution < 1.29 is 12.9 Å². The van der Waals surface area contributed by atoms with Gasteiger partial charge in [-0.15, -0.1) is 0 Å². The fraction of sp³-hybridized carbons (Fsp3) is 0.800. The van der Waals surface area contributed by atoms with E-state index in [2.05, 4.69) is 21.8 Å². The van der Waals surface area contributed by atoms with Crippen molar-refractivity contribution in [3.8, 4) is 0 Å². The lowest BCUT2D eigenvalue weighted by molar-refractivity contribution is 0.352. The molecule has 7 heteroatoms. The van der Waals surface area contributed by atoms with E-state index in [-0.39, 0.29) is 0 Å². The summed E-state index contributed by atoms with van der Waals surface area (Å²) in [5, 5.41) is 3.85. The molecule has 1 saturated carbocycles. The molecule has 1 N–H and O–H groups in total. The maximum atomic E-state index is 11.2. The third-order valence-corrected chi connectivity index (χ3v) is 3.75. The Morgan fingerprint density at radius 2 is 2.06 bits per heavy atom. The van der Waals surface area contributed by atoms with Crippen molar-refractivity contribution in [2.24, 2.45) is 5.92 Å². The lowest BCUT2D eigenvalue weighted by Gasteiger charge is -2.20. The SMILES string of the molecule is CC1CC1c1nc(C(C)(C)NS(C)(=O)=O)no1. The summed E-state index contributed by atoms with van der Waals surface area (Å²) in [6.45, 7) is 5.53. The smallest absolute Gasteiger partial charge is 0.230 e. The van der Waals surface area contributed by atoms with Crippen molar-refractivity contribution in [2.45, 2.75) is 38.6 Å². The Hall–Kier alpha value is -0.950. The first-order valence-electron chi connectivity index (χ1n) is 5.52. The van der Waals surface area contributed by atoms with E-state index >= 15 is 0 Å². The number of hydrogen-bond acceptors (Lipinski definition) is 5. The minimum Gasteiger partial charge on any atom is -0.339 e. The summed E-state index contributed by atoms with van der Waals surface area (Å²) in [5.74, 6) is 1.90. The van der Waals surface area contributed by atoms with Crippen molar-refractivity contribution >= 4 is 10.0 Å². The summed E-state index contributed by atoms with van der Waals surface area (Å²) in [7, 11) is -3.31. The molecule has 1 fully saturated rings. The molecule has 0 saturated heterocycles. The van der Waals surface area contributed by atoms with Crippen molar-refractivity contribution in [1.29, 1.82) is 0 Å². The molecule has 0 aromatic carbocycles. The summed E-state index contributed by atoms with van der Waals surface area (Å²) in [6, 6.07) is 0. The Bertz CT molecular complexity index is 521. The van der Waals surface area contributed by atoms with Gasteiger partial charge in [-0.1, -0.05) is 12.1 Å². The molecule has 0 amide bonds. The highest BCUT2D eigenvalue weighted by molar-refractivity contribution is 7.88. The molecule has 1 heterocycles. The molecule has 0 bridgehead atoms. The molecule has 1 aliphatic carbocycles. The monoisotopic (exact) mass is 259 g/mol. The highest BCUT2D eigenvalue weighted by atomic mass is 32.2. The van der Waals surface area contributed by atoms with Crippen molar-refractivity contribution in [3.63, 3.8) is 0 Å². The van der Waals surface area contributed by atoms with Crippen LogP contribution >= 0.6 is 0 Å². The summed E-state index contributed by atoms with van der Waals surface area (Å²) in [5.41, 5.74) is -0.854. The summed E-state index contributed by atoms with van der Waals surface area (Å²) >= 11 is 0. The molecule has 96 valence electrons. The highest BCUT2D eigenvalue weighted by Gasteiger charge is 2.40. The van der Waals surface area contributed by atoms with Crippen LogP contribution in [-0.2, 0) is 15.6 Å². The van der Waals surface area contributed by atoms with Crippen LogP contribution in [0.15, 0.2) is 4.52 Å². The second-order valence-electron chi connectivity index (χ2n) is 5.27. The summed E-state index contributed by atoms with van der Waals surface area (Å²) < 4.78 is 30.1. The topological polar surface area (TPSA) is 85.1 Å². The van der Waals surface area contributed by atoms with Crippen LogP contribution in [0.4, 0.5) is 0 Å². The van der Waals surface area contributed by atoms with Crippen LogP contribution in [-0.4, -0.2) is 24.8 Å². The van der Waals surface area contributed by atoms with Gasteiger partial charge in [0, 0.05) is 5.92 Å². The molecule has 1 aromatic rings. The van der Waals surface area contributed by atoms with E-state index in [0.29, 0.717) is 23.6 Å². The molecule has 2 unspecified atom stereocenters. The van der Waals surface area contributed by atoms with Gasteiger partial charge >= 0.3 is 0 Å². The second kappa shape index (κ2) is 3.78. The lowest BCUT2D eigenvalue weighted by atomic mass is 10.1. The average molecular weight is 259 g/mol. The van der Waals surface area contributed by atoms with Gasteiger partial charge < -0.3 is 4.52 Å². The predicted octanol–water partition coefficient (Wildman–Crippen LogP) is 0.977. The number of nitrogens with one attached hydrogen (secondary N) is 1. The zero-order valence-corrected chi connectivity index (χ0v) is 11.2. The normalized spacial score (nSPS) is 24.9. The number of sulfonamides is 1. The summed E-state index contributed by atoms with van der Waals surface area (Å²) in [6.07, 6.45) is 2.17. The van der Waals surface area contributed by atoms with Gasteiger partial charge in [-0.2, -0.15) is 4.98 Å². The fourth-order valence-electron chi connectivity index (χ4n) is 1.81. The molecule has 2 rings (SSSR count). The maximum Gasteiger partial charge on any atom is 0.230 e. The van der Waals surface area contributed by atoms with Gasteiger partial charge in [-0.3, -0.25) is 0 Å². The molecule has 17 heavy (non-hydrogen) atoms. The highest BCUT2D eigenvalue weighted by Crippen LogP contribution is 2.46. The average Bonchev–Trinajstić information content (AvgIpc) is 2.67. The number of hydrogen-bond donors (Lipinski definition) is 1. The second-order valence-corrected chi connectivity index (χ2v) is 7.02. The van der Waals surface area contributed by atoms with Crippen LogP contribution < -0.4 is 4.72 Å². The predicted molar refractivity (Wildman–Crippen MR) is 61.8 cm³/mol. The third kappa shape index (κ3) is 2.84. The third-order valence-electron chi connectivity index (χ3n) is 2.87. The van der Waals surface area contributed by atoms with Crippen LogP contribution in [0.1, 0.15) is 44.8 Å². The van der Waals surface area contributed by atoms with Crippen LogP contribution in [0.2, 0.25) is 0 Å². The Morgan fingerprint density at radius 3 is 2.53 bits per heavy atom. The molecule has 0 aliphatic heterocycles. The molecule has 6 nitrogen and oxygen atoms in total. The van der Waals surface area contributed by atoms with Crippen LogP contribution in [0.5, 0.6) is 0 Å². The van der Waals surface area contributed by atoms with Gasteiger partial charge in [0.2, 0.25) is 15.9 Å². The zero-order valence-electron chi connectivity index (χ0n) is 10.4. The Balaban J connectivity index is 2.19. The molecule has 2 atom stereocenters. The largest absolute Gasteiger partial charge is 0.339 e. The van der Waals surface area contributed by atoms with Gasteiger partial charge in [-0.25, -0.2) is 13.1 Å². The van der Waals surface area contributed by atoms with E-state index in [1.165, 1.54) is 0 Å². The molecule has 1 aromatic heterocycles. The summed E-state index contributed by atoms with van der Waals surface area (Å²) in [4.78, 5) is 4.27. The number of aromatic nitrogens is 2. The maximum absolute atomic E-state index is 11.2. The zero-order chi connectivity index (χ0) is 12.8. The van der Waals surface area contributed by atoms with E-state index in [1.807, 2.05) is 0 Å². The first-order chi connectivity index (χ1) is 7.69. The lowest BCUT2D eigenvalue weighted by Crippen LogP contribution is -2.41. The Morgan fingerprint density at radius 1 is 1.47 bits per heavy atom. The Kier molecular flexibility index (Phi) is 2.78. The molecule has 1 aliphatic rings. The van der Waals surface area contributed by atoms with E-state index in [1.54, 1.807) is 13.8 Å². The standard InChI is InChI=1S/C10H17N3O3S/c1-6-5-7(6)8-11-9(12-16-8)10(2,3)13-17(4,14)15/h6-7,13H,5H2,1-4H3. The minimum absolute atomic E-state index is 0.338. The molecule has 0 spiro atoms. The Labute approximate surface area is 101 Å². The van der Waals surface area contributed by atoms with Crippen LogP contribution in [0.3, 0.4) is 0 Å². The van der Waals surface area contributed by atoms with Gasteiger partial charge in [0.05, 0.1) is 11.8 Å². The van der Waals surface area contributed by atoms with Crippen LogP contribution in [0.25, 0.3) is 0 Å². The number of rotatable bonds is 4. The molecular formula is C10H17N3O3S. The molecular weight excluding hydrogens is 242 g/mol. The molecule has 0 radical (unpaired) electrons. The number of nitrogens with zero attached hydrogens (tertiary/aromatic N) is 2. The van der Waals surface area contributed by atoms with E-state index in [4.69, 9.17) is 4.52 Å². The van der Waals surface area contributed by atoms with Gasteiger partial charge in [0.25, 0.3) is 0 Å². The van der Waals surface area contributed by atoms with Crippen LogP contribution in [0, 0.1) is 5.92 Å². The van der Waals surface area contributed by atoms with Gasteiger partial charge in [0.15, 0.2) is 5.82 Å². The van der Waals surface area contributed by atoms with Crippen molar-refractivity contribution in [3.05, 3.63) is 11.7 Å². The fourth-order valence-corrected chi connectivity index (χ4v) is 2.83. The van der Waals surface area contributed by atoms with Crippen molar-refractivity contribution in [1.82, 2.24) is 14.9 Å². The quantitative estimate of drug-likeness (QED) is 0.871. The minimum atomic E-state index is -3.31. The van der Waals surface area contributed by atoms with E-state index in [9.17, 15) is 8.42 Å². The van der Waals surface area contributed by atoms with Gasteiger partial charge in [0.1, 0.15) is 0 Å². The first-order valence-corrected chi connectivity index (χ1v) is 7.41. The van der Waals surface area contributed by atoms with Gasteiger partial charge in [-0.05, 0) is 26.2 Å². The van der Waals surface area contributed by atoms with Crippen molar-refractivity contribution in [2.75, 3.05) is 6.26 Å².